The summed E-state index contributed by atoms with van der Waals surface area (Å²) >= 11 is 0. The molecule has 5 nitrogen and oxygen atoms in total. The van der Waals surface area contributed by atoms with Gasteiger partial charge in [0.05, 0.1) is 17.0 Å². The lowest BCUT2D eigenvalue weighted by molar-refractivity contribution is 0.173. The number of carbonyl (C=O) groups excluding carboxylic acids is 1. The third-order valence-corrected chi connectivity index (χ3v) is 7.81. The van der Waals surface area contributed by atoms with Gasteiger partial charge in [0.25, 0.3) is 0 Å². The SMILES string of the molecule is C[C@@H]1[C@H](C)S(=O)(=O)CCN1C(=O)N[C@H]1CCCCc2ccccc21. The molecule has 1 aromatic rings. The van der Waals surface area contributed by atoms with Gasteiger partial charge in [-0.1, -0.05) is 30.7 Å². The van der Waals surface area contributed by atoms with E-state index in [1.165, 1.54) is 11.1 Å². The predicted molar refractivity (Wildman–Crippen MR) is 94.7 cm³/mol. The van der Waals surface area contributed by atoms with Crippen LogP contribution in [0.15, 0.2) is 24.3 Å². The molecule has 2 aliphatic rings. The largest absolute Gasteiger partial charge is 0.331 e. The second-order valence-corrected chi connectivity index (χ2v) is 9.43. The molecule has 1 fully saturated rings. The average molecular weight is 350 g/mol. The van der Waals surface area contributed by atoms with Crippen LogP contribution in [0.25, 0.3) is 0 Å². The molecule has 24 heavy (non-hydrogen) atoms. The lowest BCUT2D eigenvalue weighted by Gasteiger charge is -2.38. The summed E-state index contributed by atoms with van der Waals surface area (Å²) in [5.41, 5.74) is 2.51. The highest BCUT2D eigenvalue weighted by Crippen LogP contribution is 2.29. The van der Waals surface area contributed by atoms with Gasteiger partial charge in [-0.25, -0.2) is 13.2 Å². The summed E-state index contributed by atoms with van der Waals surface area (Å²) in [7, 11) is -3.09. The van der Waals surface area contributed by atoms with E-state index in [9.17, 15) is 13.2 Å². The summed E-state index contributed by atoms with van der Waals surface area (Å²) in [6.45, 7) is 3.79. The fourth-order valence-corrected chi connectivity index (χ4v) is 5.33. The number of nitrogens with zero attached hydrogens (tertiary/aromatic N) is 1. The zero-order chi connectivity index (χ0) is 17.3. The monoisotopic (exact) mass is 350 g/mol. The number of carbonyl (C=O) groups is 1. The highest BCUT2D eigenvalue weighted by Gasteiger charge is 2.38. The summed E-state index contributed by atoms with van der Waals surface area (Å²) in [6.07, 6.45) is 4.20. The minimum Gasteiger partial charge on any atom is -0.331 e. The molecule has 2 amide bonds. The summed E-state index contributed by atoms with van der Waals surface area (Å²) in [5, 5.41) is 2.64. The smallest absolute Gasteiger partial charge is 0.318 e. The Morgan fingerprint density at radius 1 is 1.21 bits per heavy atom. The highest BCUT2D eigenvalue weighted by atomic mass is 32.2. The average Bonchev–Trinajstić information content (AvgIpc) is 2.75. The Hall–Kier alpha value is -1.56. The molecule has 3 atom stereocenters. The van der Waals surface area contributed by atoms with Crippen molar-refractivity contribution in [2.75, 3.05) is 12.3 Å². The number of hydrogen-bond donors (Lipinski definition) is 1. The maximum Gasteiger partial charge on any atom is 0.318 e. The van der Waals surface area contributed by atoms with Gasteiger partial charge < -0.3 is 10.2 Å². The van der Waals surface area contributed by atoms with Crippen LogP contribution in [0.4, 0.5) is 4.79 Å². The van der Waals surface area contributed by atoms with Crippen LogP contribution in [0.3, 0.4) is 0 Å². The first kappa shape index (κ1) is 17.3. The number of amides is 2. The van der Waals surface area contributed by atoms with Gasteiger partial charge in [0.2, 0.25) is 0 Å². The number of fused-ring (bicyclic) bond motifs is 1. The summed E-state index contributed by atoms with van der Waals surface area (Å²) in [5.74, 6) is 0.0488. The van der Waals surface area contributed by atoms with Gasteiger partial charge in [-0.2, -0.15) is 0 Å². The van der Waals surface area contributed by atoms with E-state index < -0.39 is 15.1 Å². The molecule has 3 rings (SSSR count). The number of rotatable bonds is 1. The van der Waals surface area contributed by atoms with E-state index in [1.807, 2.05) is 19.1 Å². The zero-order valence-corrected chi connectivity index (χ0v) is 15.2. The van der Waals surface area contributed by atoms with Gasteiger partial charge in [0.1, 0.15) is 0 Å². The Labute approximate surface area is 144 Å². The minimum atomic E-state index is -3.09. The highest BCUT2D eigenvalue weighted by molar-refractivity contribution is 7.92. The Morgan fingerprint density at radius 3 is 2.75 bits per heavy atom. The molecule has 1 aliphatic heterocycles. The van der Waals surface area contributed by atoms with Gasteiger partial charge in [-0.15, -0.1) is 0 Å². The van der Waals surface area contributed by atoms with Gasteiger partial charge in [-0.05, 0) is 44.2 Å². The molecule has 132 valence electrons. The van der Waals surface area contributed by atoms with Crippen molar-refractivity contribution in [3.05, 3.63) is 35.4 Å². The van der Waals surface area contributed by atoms with Crippen LogP contribution in [0.2, 0.25) is 0 Å². The molecule has 1 aromatic carbocycles. The van der Waals surface area contributed by atoms with Crippen LogP contribution >= 0.6 is 0 Å². The van der Waals surface area contributed by atoms with Crippen molar-refractivity contribution in [1.82, 2.24) is 10.2 Å². The van der Waals surface area contributed by atoms with E-state index in [4.69, 9.17) is 0 Å². The van der Waals surface area contributed by atoms with Gasteiger partial charge in [0.15, 0.2) is 9.84 Å². The molecule has 0 radical (unpaired) electrons. The molecule has 1 saturated heterocycles. The maximum atomic E-state index is 12.8. The first-order valence-electron chi connectivity index (χ1n) is 8.76. The minimum absolute atomic E-state index is 0.0113. The maximum absolute atomic E-state index is 12.8. The standard InChI is InChI=1S/C18H26N2O3S/c1-13-14(2)24(22,23)12-11-20(13)18(21)19-17-10-6-4-8-15-7-3-5-9-16(15)17/h3,5,7,9,13-14,17H,4,6,8,10-12H2,1-2H3,(H,19,21)/t13-,14+,17+/m1/s1. The van der Waals surface area contributed by atoms with Gasteiger partial charge in [0, 0.05) is 12.6 Å². The van der Waals surface area contributed by atoms with E-state index in [0.29, 0.717) is 0 Å². The van der Waals surface area contributed by atoms with Gasteiger partial charge in [-0.3, -0.25) is 0 Å². The second-order valence-electron chi connectivity index (χ2n) is 6.95. The number of sulfone groups is 1. The number of aryl methyl sites for hydroxylation is 1. The first-order valence-corrected chi connectivity index (χ1v) is 10.5. The van der Waals surface area contributed by atoms with Crippen molar-refractivity contribution in [1.29, 1.82) is 0 Å². The lowest BCUT2D eigenvalue weighted by atomic mass is 9.99. The molecule has 0 aromatic heterocycles. The van der Waals surface area contributed by atoms with Crippen LogP contribution in [0, 0.1) is 0 Å². The summed E-state index contributed by atoms with van der Waals surface area (Å²) in [6, 6.07) is 7.85. The molecule has 0 saturated carbocycles. The molecule has 0 unspecified atom stereocenters. The zero-order valence-electron chi connectivity index (χ0n) is 14.4. The van der Waals surface area contributed by atoms with Crippen LogP contribution in [0.1, 0.15) is 50.3 Å². The van der Waals surface area contributed by atoms with E-state index in [0.717, 1.165) is 25.7 Å². The molecular weight excluding hydrogens is 324 g/mol. The molecular formula is C18H26N2O3S. The van der Waals surface area contributed by atoms with E-state index >= 15 is 0 Å². The molecule has 6 heteroatoms. The van der Waals surface area contributed by atoms with Crippen LogP contribution < -0.4 is 5.32 Å². The van der Waals surface area contributed by atoms with Crippen LogP contribution in [0.5, 0.6) is 0 Å². The normalized spacial score (nSPS) is 29.4. The number of hydrogen-bond acceptors (Lipinski definition) is 3. The quantitative estimate of drug-likeness (QED) is 0.792. The van der Waals surface area contributed by atoms with Gasteiger partial charge >= 0.3 is 6.03 Å². The van der Waals surface area contributed by atoms with Crippen LogP contribution in [-0.4, -0.2) is 42.9 Å². The first-order chi connectivity index (χ1) is 11.4. The summed E-state index contributed by atoms with van der Waals surface area (Å²) < 4.78 is 24.0. The second kappa shape index (κ2) is 6.75. The Bertz CT molecular complexity index is 717. The third-order valence-electron chi connectivity index (χ3n) is 5.53. The fourth-order valence-electron chi connectivity index (χ4n) is 3.76. The van der Waals surface area contributed by atoms with E-state index in [1.54, 1.807) is 11.8 Å². The van der Waals surface area contributed by atoms with E-state index in [-0.39, 0.29) is 30.4 Å². The Morgan fingerprint density at radius 2 is 1.96 bits per heavy atom. The van der Waals surface area contributed by atoms with Crippen LogP contribution in [-0.2, 0) is 16.3 Å². The predicted octanol–water partition coefficient (Wildman–Crippen LogP) is 2.67. The molecule has 1 N–H and O–H groups in total. The summed E-state index contributed by atoms with van der Waals surface area (Å²) in [4.78, 5) is 14.5. The number of urea groups is 1. The van der Waals surface area contributed by atoms with Crippen molar-refractivity contribution in [2.45, 2.75) is 56.9 Å². The van der Waals surface area contributed by atoms with Crippen molar-refractivity contribution in [2.24, 2.45) is 0 Å². The Balaban J connectivity index is 1.76. The van der Waals surface area contributed by atoms with Crippen molar-refractivity contribution < 1.29 is 13.2 Å². The third kappa shape index (κ3) is 3.29. The molecule has 1 heterocycles. The fraction of sp³-hybridized carbons (Fsp3) is 0.611. The number of nitrogens with one attached hydrogen (secondary N) is 1. The topological polar surface area (TPSA) is 66.5 Å². The molecule has 0 spiro atoms. The lowest BCUT2D eigenvalue weighted by Crippen LogP contribution is -2.57. The van der Waals surface area contributed by atoms with E-state index in [2.05, 4.69) is 17.4 Å². The van der Waals surface area contributed by atoms with Crippen molar-refractivity contribution in [3.8, 4) is 0 Å². The number of benzene rings is 1. The van der Waals surface area contributed by atoms with Crippen molar-refractivity contribution in [3.63, 3.8) is 0 Å². The molecule has 1 aliphatic carbocycles. The Kier molecular flexibility index (Phi) is 4.85. The van der Waals surface area contributed by atoms with Crippen molar-refractivity contribution >= 4 is 15.9 Å². The molecule has 0 bridgehead atoms.